The van der Waals surface area contributed by atoms with E-state index in [1.807, 2.05) is 40.0 Å². The normalized spacial score (nSPS) is 20.3. The van der Waals surface area contributed by atoms with E-state index in [1.54, 1.807) is 19.3 Å². The molecule has 2 aromatic heterocycles. The molecule has 0 radical (unpaired) electrons. The van der Waals surface area contributed by atoms with Crippen molar-refractivity contribution in [3.8, 4) is 0 Å². The molecule has 1 saturated heterocycles. The number of benzene rings is 1. The molecule has 0 saturated carbocycles. The summed E-state index contributed by atoms with van der Waals surface area (Å²) in [6.45, 7) is 4.81. The predicted octanol–water partition coefficient (Wildman–Crippen LogP) is 2.42. The maximum Gasteiger partial charge on any atom is 0.376 e. The molecule has 3 aromatic rings. The molecule has 0 unspecified atom stereocenters. The molecule has 10 heteroatoms. The van der Waals surface area contributed by atoms with Crippen LogP contribution in [0.1, 0.15) is 34.8 Å². The predicted molar refractivity (Wildman–Crippen MR) is 141 cm³/mol. The van der Waals surface area contributed by atoms with E-state index in [1.165, 1.54) is 11.1 Å². The van der Waals surface area contributed by atoms with E-state index in [0.29, 0.717) is 31.2 Å². The lowest BCUT2D eigenvalue weighted by Gasteiger charge is -2.45. The number of hydrogen-bond acceptors (Lipinski definition) is 6. The summed E-state index contributed by atoms with van der Waals surface area (Å²) in [6.07, 6.45) is 9.84. The van der Waals surface area contributed by atoms with E-state index in [4.69, 9.17) is 16.6 Å². The Balaban J connectivity index is 1.45. The second-order valence-electron chi connectivity index (χ2n) is 9.59. The number of rotatable bonds is 7. The number of pyridine rings is 1. The maximum atomic E-state index is 13.6. The van der Waals surface area contributed by atoms with Gasteiger partial charge in [-0.25, -0.2) is 4.98 Å². The molecule has 188 valence electrons. The molecule has 0 bridgehead atoms. The Kier molecular flexibility index (Phi) is 7.72. The molecular weight excluding hydrogens is 475 g/mol. The van der Waals surface area contributed by atoms with E-state index in [2.05, 4.69) is 27.3 Å². The number of carbonyl (C=O) groups is 1. The molecule has 2 aliphatic rings. The highest BCUT2D eigenvalue weighted by Gasteiger charge is 2.42. The fourth-order valence-electron chi connectivity index (χ4n) is 5.45. The number of carbonyl (C=O) groups excluding carboxylic acids is 1. The quantitative estimate of drug-likeness (QED) is 0.378. The second kappa shape index (κ2) is 11.1. The number of hydrogen-bond donors (Lipinski definition) is 2. The van der Waals surface area contributed by atoms with Gasteiger partial charge in [-0.15, -0.1) is 0 Å². The highest BCUT2D eigenvalue weighted by Crippen LogP contribution is 2.41. The van der Waals surface area contributed by atoms with Gasteiger partial charge in [0.05, 0.1) is 18.1 Å². The van der Waals surface area contributed by atoms with Gasteiger partial charge in [0, 0.05) is 56.3 Å². The monoisotopic (exact) mass is 506 g/mol. The Bertz CT molecular complexity index is 1190. The first kappa shape index (κ1) is 25.0. The first-order valence-electron chi connectivity index (χ1n) is 12.7. The van der Waals surface area contributed by atoms with Crippen molar-refractivity contribution in [3.05, 3.63) is 82.7 Å². The van der Waals surface area contributed by atoms with Crippen LogP contribution in [-0.2, 0) is 24.2 Å². The summed E-state index contributed by atoms with van der Waals surface area (Å²) < 4.78 is 2.00. The zero-order valence-electron chi connectivity index (χ0n) is 20.6. The van der Waals surface area contributed by atoms with Crippen molar-refractivity contribution in [1.82, 2.24) is 29.6 Å². The van der Waals surface area contributed by atoms with Crippen molar-refractivity contribution in [2.75, 3.05) is 26.2 Å². The van der Waals surface area contributed by atoms with Crippen LogP contribution in [0.4, 0.5) is 0 Å². The summed E-state index contributed by atoms with van der Waals surface area (Å²) in [5, 5.41) is 14.2. The molecule has 1 aliphatic heterocycles. The van der Waals surface area contributed by atoms with E-state index in [-0.39, 0.29) is 11.9 Å². The van der Waals surface area contributed by atoms with Crippen molar-refractivity contribution >= 4 is 24.6 Å². The molecule has 3 heterocycles. The van der Waals surface area contributed by atoms with E-state index in [0.717, 1.165) is 37.1 Å². The minimum Gasteiger partial charge on any atom is -0.437 e. The van der Waals surface area contributed by atoms with Gasteiger partial charge in [-0.2, -0.15) is 0 Å². The lowest BCUT2D eigenvalue weighted by molar-refractivity contribution is -0.129. The number of halogens is 1. The van der Waals surface area contributed by atoms with Crippen LogP contribution in [0, 0.1) is 0 Å². The average molecular weight is 507 g/mol. The van der Waals surface area contributed by atoms with Crippen LogP contribution in [0.15, 0.2) is 55.2 Å². The molecule has 1 aromatic carbocycles. The first-order valence-corrected chi connectivity index (χ1v) is 13.0. The van der Waals surface area contributed by atoms with Gasteiger partial charge in [0.2, 0.25) is 5.91 Å². The Morgan fingerprint density at radius 2 is 2.03 bits per heavy atom. The van der Waals surface area contributed by atoms with E-state index in [9.17, 15) is 9.82 Å². The number of fused-ring (bicyclic) bond motifs is 2. The Morgan fingerprint density at radius 3 is 2.83 bits per heavy atom. The molecule has 0 spiro atoms. The number of imidazole rings is 1. The number of piperazine rings is 1. The van der Waals surface area contributed by atoms with Gasteiger partial charge in [0.25, 0.3) is 0 Å². The third-order valence-electron chi connectivity index (χ3n) is 7.33. The number of nitrogens with one attached hydrogen (secondary N) is 1. The largest absolute Gasteiger partial charge is 0.437 e. The van der Waals surface area contributed by atoms with Gasteiger partial charge in [-0.1, -0.05) is 29.8 Å². The second-order valence-corrected chi connectivity index (χ2v) is 10.00. The Labute approximate surface area is 217 Å². The standard InChI is InChI=1S/C26H32BClN6O2/c1-27(36)33-15-16-34(22(17-33)26(35)31-11-4-13-32-14-12-29-18-32)25-23-19(5-2-7-21(23)28)8-9-20-6-3-10-30-24(20)25/h2-3,5-7,10,12,14,18,22,25,36H,4,8-9,11,13,15-17H2,1H3,(H,31,35)/t22-,25-/m1/s1. The molecule has 5 rings (SSSR count). The zero-order valence-corrected chi connectivity index (χ0v) is 21.3. The van der Waals surface area contributed by atoms with Crippen molar-refractivity contribution in [2.24, 2.45) is 0 Å². The van der Waals surface area contributed by atoms with Crippen LogP contribution in [0.3, 0.4) is 0 Å². The highest BCUT2D eigenvalue weighted by molar-refractivity contribution is 6.45. The Hall–Kier alpha value is -2.72. The summed E-state index contributed by atoms with van der Waals surface area (Å²) >= 11 is 6.84. The van der Waals surface area contributed by atoms with Crippen molar-refractivity contribution < 1.29 is 9.82 Å². The van der Waals surface area contributed by atoms with Gasteiger partial charge in [-0.3, -0.25) is 14.7 Å². The third kappa shape index (κ3) is 5.20. The molecular formula is C26H32BClN6O2. The topological polar surface area (TPSA) is 86.5 Å². The lowest BCUT2D eigenvalue weighted by Crippen LogP contribution is -2.62. The smallest absolute Gasteiger partial charge is 0.376 e. The van der Waals surface area contributed by atoms with E-state index < -0.39 is 13.1 Å². The van der Waals surface area contributed by atoms with Gasteiger partial charge >= 0.3 is 7.05 Å². The van der Waals surface area contributed by atoms with Gasteiger partial charge < -0.3 is 19.7 Å². The first-order chi connectivity index (χ1) is 17.5. The summed E-state index contributed by atoms with van der Waals surface area (Å²) in [5.74, 6) is -0.0405. The van der Waals surface area contributed by atoms with Crippen LogP contribution >= 0.6 is 11.6 Å². The molecule has 36 heavy (non-hydrogen) atoms. The van der Waals surface area contributed by atoms with Gasteiger partial charge in [0.1, 0.15) is 6.04 Å². The van der Waals surface area contributed by atoms with Crippen molar-refractivity contribution in [3.63, 3.8) is 0 Å². The van der Waals surface area contributed by atoms with E-state index >= 15 is 0 Å². The van der Waals surface area contributed by atoms with Gasteiger partial charge in [-0.05, 0) is 54.9 Å². The van der Waals surface area contributed by atoms with Crippen LogP contribution in [0.25, 0.3) is 0 Å². The number of nitrogens with zero attached hydrogens (tertiary/aromatic N) is 5. The molecule has 1 amide bonds. The zero-order chi connectivity index (χ0) is 25.1. The average Bonchev–Trinajstić information content (AvgIpc) is 3.34. The number of aryl methyl sites for hydroxylation is 3. The minimum absolute atomic E-state index is 0.0405. The van der Waals surface area contributed by atoms with Crippen molar-refractivity contribution in [2.45, 2.75) is 44.7 Å². The maximum absolute atomic E-state index is 13.6. The molecule has 1 fully saturated rings. The molecule has 2 atom stereocenters. The fraction of sp³-hybridized carbons (Fsp3) is 0.423. The summed E-state index contributed by atoms with van der Waals surface area (Å²) in [6, 6.07) is 9.48. The van der Waals surface area contributed by atoms with Crippen LogP contribution in [0.5, 0.6) is 0 Å². The summed E-state index contributed by atoms with van der Waals surface area (Å²) in [7, 11) is -0.626. The highest BCUT2D eigenvalue weighted by atomic mass is 35.5. The molecule has 1 aliphatic carbocycles. The fourth-order valence-corrected chi connectivity index (χ4v) is 5.75. The van der Waals surface area contributed by atoms with Gasteiger partial charge in [0.15, 0.2) is 0 Å². The lowest BCUT2D eigenvalue weighted by atomic mass is 9.82. The number of amides is 1. The summed E-state index contributed by atoms with van der Waals surface area (Å²) in [4.78, 5) is 26.7. The third-order valence-corrected chi connectivity index (χ3v) is 7.66. The van der Waals surface area contributed by atoms with Crippen LogP contribution in [-0.4, -0.2) is 74.4 Å². The van der Waals surface area contributed by atoms with Crippen molar-refractivity contribution in [1.29, 1.82) is 0 Å². The summed E-state index contributed by atoms with van der Waals surface area (Å²) in [5.41, 5.74) is 4.39. The molecule has 8 nitrogen and oxygen atoms in total. The SMILES string of the molecule is CB(O)N1CCN([C@H]2c3ncccc3CCc3cccc(Cl)c32)[C@@H](C(=O)NCCCn2ccnc2)C1. The van der Waals surface area contributed by atoms with Crippen LogP contribution in [0.2, 0.25) is 11.8 Å². The minimum atomic E-state index is -0.626. The molecule has 2 N–H and O–H groups in total. The Morgan fingerprint density at radius 1 is 1.19 bits per heavy atom. The number of aromatic nitrogens is 3. The van der Waals surface area contributed by atoms with Crippen LogP contribution < -0.4 is 5.32 Å².